The molecule has 0 radical (unpaired) electrons. The predicted molar refractivity (Wildman–Crippen MR) is 101 cm³/mol. The molecule has 2 aromatic rings. The Morgan fingerprint density at radius 1 is 1.17 bits per heavy atom. The average molecular weight is 331 g/mol. The fraction of sp³-hybridized carbons (Fsp3) is 0.368. The van der Waals surface area contributed by atoms with E-state index in [2.05, 4.69) is 57.1 Å². The number of aromatic hydroxyl groups is 1. The number of phenols is 1. The summed E-state index contributed by atoms with van der Waals surface area (Å²) in [6.07, 6.45) is 0.938. The van der Waals surface area contributed by atoms with Gasteiger partial charge in [-0.05, 0) is 36.0 Å². The molecule has 2 unspecified atom stereocenters. The quantitative estimate of drug-likeness (QED) is 0.809. The number of nitrogens with zero attached hydrogens (tertiary/aromatic N) is 1. The summed E-state index contributed by atoms with van der Waals surface area (Å²) in [5.41, 5.74) is 2.18. The normalized spacial score (nSPS) is 14.0. The Hall–Kier alpha value is -1.73. The fourth-order valence-electron chi connectivity index (χ4n) is 2.70. The van der Waals surface area contributed by atoms with Gasteiger partial charge in [0.2, 0.25) is 0 Å². The number of benzene rings is 2. The summed E-state index contributed by atoms with van der Waals surface area (Å²) in [6.45, 7) is 4.39. The Balaban J connectivity index is 2.46. The van der Waals surface area contributed by atoms with Crippen LogP contribution in [0.25, 0.3) is 0 Å². The highest BCUT2D eigenvalue weighted by Crippen LogP contribution is 2.48. The van der Waals surface area contributed by atoms with Gasteiger partial charge in [0.05, 0.1) is 7.11 Å². The van der Waals surface area contributed by atoms with Crippen LogP contribution in [0.4, 0.5) is 5.69 Å². The largest absolute Gasteiger partial charge is 0.508 e. The van der Waals surface area contributed by atoms with Crippen LogP contribution in [0.2, 0.25) is 0 Å². The predicted octanol–water partition coefficient (Wildman–Crippen LogP) is 4.10. The zero-order chi connectivity index (χ0) is 17.0. The van der Waals surface area contributed by atoms with Gasteiger partial charge >= 0.3 is 0 Å². The molecule has 0 amide bonds. The molecule has 0 bridgehead atoms. The summed E-state index contributed by atoms with van der Waals surface area (Å²) in [7, 11) is 6.34. The number of para-hydroxylation sites is 1. The lowest BCUT2D eigenvalue weighted by Crippen LogP contribution is -2.22. The molecule has 2 atom stereocenters. The minimum atomic E-state index is -0.134. The van der Waals surface area contributed by atoms with Crippen molar-refractivity contribution in [2.75, 3.05) is 26.1 Å². The Morgan fingerprint density at radius 2 is 1.87 bits per heavy atom. The molecule has 0 aliphatic rings. The van der Waals surface area contributed by atoms with E-state index >= 15 is 0 Å². The smallest absolute Gasteiger partial charge is 0.119 e. The van der Waals surface area contributed by atoms with E-state index in [9.17, 15) is 5.11 Å². The molecular weight excluding hydrogens is 305 g/mol. The van der Waals surface area contributed by atoms with E-state index in [1.54, 1.807) is 19.2 Å². The molecule has 0 saturated carbocycles. The average Bonchev–Trinajstić information content (AvgIpc) is 2.55. The Labute approximate surface area is 141 Å². The van der Waals surface area contributed by atoms with Crippen molar-refractivity contribution in [2.24, 2.45) is 0 Å². The van der Waals surface area contributed by atoms with E-state index in [4.69, 9.17) is 4.74 Å². The SMILES string of the molecule is CCC(C)(Pc1ccccc1N(C)C)c1cc(OC)ccc1O. The summed E-state index contributed by atoms with van der Waals surface area (Å²) < 4.78 is 5.35. The number of ether oxygens (including phenoxy) is 1. The molecule has 2 aromatic carbocycles. The van der Waals surface area contributed by atoms with Crippen LogP contribution in [0, 0.1) is 0 Å². The van der Waals surface area contributed by atoms with E-state index in [1.807, 2.05) is 6.07 Å². The molecule has 124 valence electrons. The fourth-order valence-corrected chi connectivity index (χ4v) is 4.42. The standard InChI is InChI=1S/C19H26NO2P/c1-6-19(2,15-13-14(22-5)11-12-17(15)21)23-18-10-8-7-9-16(18)20(3)4/h7-13,21,23H,6H2,1-5H3. The lowest BCUT2D eigenvalue weighted by Gasteiger charge is -2.31. The van der Waals surface area contributed by atoms with Crippen LogP contribution in [0.1, 0.15) is 25.8 Å². The van der Waals surface area contributed by atoms with Crippen molar-refractivity contribution in [3.63, 3.8) is 0 Å². The summed E-state index contributed by atoms with van der Waals surface area (Å²) >= 11 is 0. The van der Waals surface area contributed by atoms with Crippen molar-refractivity contribution in [1.29, 1.82) is 0 Å². The van der Waals surface area contributed by atoms with E-state index in [0.29, 0.717) is 14.3 Å². The first kappa shape index (κ1) is 17.6. The lowest BCUT2D eigenvalue weighted by atomic mass is 9.96. The van der Waals surface area contributed by atoms with Crippen molar-refractivity contribution in [3.05, 3.63) is 48.0 Å². The number of hydrogen-bond donors (Lipinski definition) is 1. The second-order valence-electron chi connectivity index (χ2n) is 6.11. The molecule has 3 nitrogen and oxygen atoms in total. The summed E-state index contributed by atoms with van der Waals surface area (Å²) in [4.78, 5) is 2.14. The van der Waals surface area contributed by atoms with Crippen molar-refractivity contribution in [3.8, 4) is 11.5 Å². The molecule has 0 aromatic heterocycles. The van der Waals surface area contributed by atoms with Gasteiger partial charge in [-0.25, -0.2) is 0 Å². The highest BCUT2D eigenvalue weighted by Gasteiger charge is 2.29. The monoisotopic (exact) mass is 331 g/mol. The van der Waals surface area contributed by atoms with Crippen LogP contribution in [0.5, 0.6) is 11.5 Å². The highest BCUT2D eigenvalue weighted by atomic mass is 31.1. The minimum absolute atomic E-state index is 0.134. The summed E-state index contributed by atoms with van der Waals surface area (Å²) in [5, 5.41) is 11.6. The van der Waals surface area contributed by atoms with E-state index in [1.165, 1.54) is 11.0 Å². The minimum Gasteiger partial charge on any atom is -0.508 e. The Kier molecular flexibility index (Phi) is 5.54. The van der Waals surface area contributed by atoms with E-state index < -0.39 is 0 Å². The van der Waals surface area contributed by atoms with Gasteiger partial charge in [0.15, 0.2) is 0 Å². The first-order valence-corrected chi connectivity index (χ1v) is 8.83. The molecule has 0 saturated heterocycles. The van der Waals surface area contributed by atoms with Gasteiger partial charge in [-0.1, -0.05) is 40.6 Å². The van der Waals surface area contributed by atoms with Crippen LogP contribution in [-0.4, -0.2) is 26.3 Å². The topological polar surface area (TPSA) is 32.7 Å². The first-order chi connectivity index (χ1) is 10.9. The van der Waals surface area contributed by atoms with Crippen molar-refractivity contribution in [1.82, 2.24) is 0 Å². The van der Waals surface area contributed by atoms with Gasteiger partial charge < -0.3 is 14.7 Å². The summed E-state index contributed by atoms with van der Waals surface area (Å²) in [6, 6.07) is 14.0. The maximum Gasteiger partial charge on any atom is 0.119 e. The molecule has 0 spiro atoms. The van der Waals surface area contributed by atoms with Crippen LogP contribution in [-0.2, 0) is 5.16 Å². The molecule has 2 rings (SSSR count). The number of rotatable bonds is 6. The van der Waals surface area contributed by atoms with Crippen LogP contribution < -0.4 is 14.9 Å². The molecule has 0 heterocycles. The molecule has 23 heavy (non-hydrogen) atoms. The van der Waals surface area contributed by atoms with Crippen LogP contribution in [0.3, 0.4) is 0 Å². The van der Waals surface area contributed by atoms with Gasteiger partial charge in [0.1, 0.15) is 11.5 Å². The molecule has 1 N–H and O–H groups in total. The third-order valence-corrected chi connectivity index (χ3v) is 6.17. The molecule has 0 fully saturated rings. The third kappa shape index (κ3) is 3.79. The maximum absolute atomic E-state index is 10.4. The van der Waals surface area contributed by atoms with Crippen molar-refractivity contribution in [2.45, 2.75) is 25.4 Å². The Bertz CT molecular complexity index is 672. The van der Waals surface area contributed by atoms with E-state index in [0.717, 1.165) is 17.7 Å². The lowest BCUT2D eigenvalue weighted by molar-refractivity contribution is 0.408. The second-order valence-corrected chi connectivity index (χ2v) is 8.00. The highest BCUT2D eigenvalue weighted by molar-refractivity contribution is 7.49. The van der Waals surface area contributed by atoms with Crippen LogP contribution >= 0.6 is 8.58 Å². The molecule has 4 heteroatoms. The maximum atomic E-state index is 10.4. The van der Waals surface area contributed by atoms with Gasteiger partial charge in [-0.15, -0.1) is 0 Å². The molecule has 0 aliphatic heterocycles. The van der Waals surface area contributed by atoms with Gasteiger partial charge in [-0.2, -0.15) is 0 Å². The number of hydrogen-bond acceptors (Lipinski definition) is 3. The third-order valence-electron chi connectivity index (χ3n) is 4.30. The number of phenolic OH excluding ortho intramolecular Hbond substituents is 1. The van der Waals surface area contributed by atoms with Gasteiger partial charge in [0, 0.05) is 30.5 Å². The molecule has 0 aliphatic carbocycles. The zero-order valence-corrected chi connectivity index (χ0v) is 15.6. The van der Waals surface area contributed by atoms with Crippen LogP contribution in [0.15, 0.2) is 42.5 Å². The summed E-state index contributed by atoms with van der Waals surface area (Å²) in [5.74, 6) is 1.12. The first-order valence-electron chi connectivity index (χ1n) is 7.83. The zero-order valence-electron chi connectivity index (χ0n) is 14.6. The number of methoxy groups -OCH3 is 1. The van der Waals surface area contributed by atoms with Crippen molar-refractivity contribution < 1.29 is 9.84 Å². The van der Waals surface area contributed by atoms with Gasteiger partial charge in [0.25, 0.3) is 0 Å². The Morgan fingerprint density at radius 3 is 2.48 bits per heavy atom. The van der Waals surface area contributed by atoms with E-state index in [-0.39, 0.29) is 5.16 Å². The molecular formula is C19H26NO2P. The number of anilines is 1. The van der Waals surface area contributed by atoms with Crippen molar-refractivity contribution >= 4 is 19.6 Å². The second kappa shape index (κ2) is 7.23. The van der Waals surface area contributed by atoms with Gasteiger partial charge in [-0.3, -0.25) is 0 Å².